The third-order valence-corrected chi connectivity index (χ3v) is 3.19. The van der Waals surface area contributed by atoms with Crippen molar-refractivity contribution >= 4 is 11.6 Å². The van der Waals surface area contributed by atoms with Crippen LogP contribution in [0.2, 0.25) is 0 Å². The molecule has 0 fully saturated rings. The van der Waals surface area contributed by atoms with Crippen molar-refractivity contribution in [2.24, 2.45) is 0 Å². The molecule has 0 unspecified atom stereocenters. The quantitative estimate of drug-likeness (QED) is 0.830. The van der Waals surface area contributed by atoms with Gasteiger partial charge in [-0.05, 0) is 43.2 Å². The minimum Gasteiger partial charge on any atom is -0.384 e. The zero-order valence-electron chi connectivity index (χ0n) is 12.1. The van der Waals surface area contributed by atoms with Crippen molar-refractivity contribution in [3.8, 4) is 11.8 Å². The molecule has 0 atom stereocenters. The lowest BCUT2D eigenvalue weighted by molar-refractivity contribution is 0.102. The maximum Gasteiger partial charge on any atom is 0.255 e. The van der Waals surface area contributed by atoms with Crippen molar-refractivity contribution in [1.82, 2.24) is 0 Å². The molecule has 0 bridgehead atoms. The van der Waals surface area contributed by atoms with Crippen LogP contribution in [0.3, 0.4) is 0 Å². The van der Waals surface area contributed by atoms with Crippen LogP contribution in [0.25, 0.3) is 0 Å². The van der Waals surface area contributed by atoms with Crippen molar-refractivity contribution in [3.63, 3.8) is 0 Å². The fourth-order valence-electron chi connectivity index (χ4n) is 2.00. The molecule has 0 saturated heterocycles. The highest BCUT2D eigenvalue weighted by molar-refractivity contribution is 6.05. The van der Waals surface area contributed by atoms with E-state index in [0.717, 1.165) is 16.7 Å². The Morgan fingerprint density at radius 1 is 1.14 bits per heavy atom. The monoisotopic (exact) mass is 279 g/mol. The second kappa shape index (κ2) is 6.74. The second-order valence-corrected chi connectivity index (χ2v) is 4.76. The largest absolute Gasteiger partial charge is 0.384 e. The van der Waals surface area contributed by atoms with Gasteiger partial charge in [0.25, 0.3) is 5.91 Å². The number of benzene rings is 2. The molecule has 21 heavy (non-hydrogen) atoms. The molecule has 2 aromatic carbocycles. The van der Waals surface area contributed by atoms with Crippen LogP contribution in [0, 0.1) is 25.7 Å². The first-order valence-corrected chi connectivity index (χ1v) is 6.69. The second-order valence-electron chi connectivity index (χ2n) is 4.76. The van der Waals surface area contributed by atoms with Crippen molar-refractivity contribution in [2.45, 2.75) is 13.8 Å². The molecule has 0 saturated carbocycles. The van der Waals surface area contributed by atoms with E-state index in [0.29, 0.717) is 11.3 Å². The van der Waals surface area contributed by atoms with E-state index in [1.165, 1.54) is 0 Å². The topological polar surface area (TPSA) is 49.3 Å². The fourth-order valence-corrected chi connectivity index (χ4v) is 2.00. The summed E-state index contributed by atoms with van der Waals surface area (Å²) in [5.41, 5.74) is 4.08. The lowest BCUT2D eigenvalue weighted by Crippen LogP contribution is -2.13. The first-order chi connectivity index (χ1) is 10.1. The Morgan fingerprint density at radius 2 is 1.90 bits per heavy atom. The zero-order chi connectivity index (χ0) is 15.2. The standard InChI is InChI=1S/C18H17NO2/c1-13-9-10-16(12-15(13)7-5-11-20)19-18(21)17-8-4-3-6-14(17)2/h3-4,6,8-10,12,20H,11H2,1-2H3,(H,19,21). The van der Waals surface area contributed by atoms with Gasteiger partial charge in [-0.2, -0.15) is 0 Å². The van der Waals surface area contributed by atoms with Crippen molar-refractivity contribution in [3.05, 3.63) is 64.7 Å². The molecule has 106 valence electrons. The summed E-state index contributed by atoms with van der Waals surface area (Å²) in [5, 5.41) is 11.6. The first kappa shape index (κ1) is 14.8. The van der Waals surface area contributed by atoms with Crippen LogP contribution in [0.5, 0.6) is 0 Å². The zero-order valence-corrected chi connectivity index (χ0v) is 12.1. The highest BCUT2D eigenvalue weighted by Gasteiger charge is 2.09. The fraction of sp³-hybridized carbons (Fsp3) is 0.167. The Kier molecular flexibility index (Phi) is 4.76. The summed E-state index contributed by atoms with van der Waals surface area (Å²) >= 11 is 0. The number of aryl methyl sites for hydroxylation is 2. The van der Waals surface area contributed by atoms with E-state index >= 15 is 0 Å². The molecule has 1 amide bonds. The van der Waals surface area contributed by atoms with Gasteiger partial charge >= 0.3 is 0 Å². The summed E-state index contributed by atoms with van der Waals surface area (Å²) < 4.78 is 0. The smallest absolute Gasteiger partial charge is 0.255 e. The Morgan fingerprint density at radius 3 is 2.62 bits per heavy atom. The third-order valence-electron chi connectivity index (χ3n) is 3.19. The maximum absolute atomic E-state index is 12.3. The Bertz CT molecular complexity index is 723. The highest BCUT2D eigenvalue weighted by Crippen LogP contribution is 2.16. The van der Waals surface area contributed by atoms with Crippen LogP contribution in [0.1, 0.15) is 27.0 Å². The van der Waals surface area contributed by atoms with Crippen LogP contribution in [-0.4, -0.2) is 17.6 Å². The molecule has 2 aromatic rings. The van der Waals surface area contributed by atoms with E-state index < -0.39 is 0 Å². The van der Waals surface area contributed by atoms with Gasteiger partial charge in [-0.15, -0.1) is 0 Å². The molecule has 0 aromatic heterocycles. The molecule has 0 spiro atoms. The van der Waals surface area contributed by atoms with Crippen LogP contribution in [0.15, 0.2) is 42.5 Å². The van der Waals surface area contributed by atoms with E-state index in [2.05, 4.69) is 17.2 Å². The van der Waals surface area contributed by atoms with Crippen molar-refractivity contribution in [2.75, 3.05) is 11.9 Å². The third kappa shape index (κ3) is 3.71. The van der Waals surface area contributed by atoms with Crippen molar-refractivity contribution < 1.29 is 9.90 Å². The number of aliphatic hydroxyl groups is 1. The van der Waals surface area contributed by atoms with Gasteiger partial charge in [0.2, 0.25) is 0 Å². The minimum absolute atomic E-state index is 0.141. The summed E-state index contributed by atoms with van der Waals surface area (Å²) in [6, 6.07) is 13.0. The van der Waals surface area contributed by atoms with E-state index in [9.17, 15) is 4.79 Å². The number of rotatable bonds is 2. The van der Waals surface area contributed by atoms with Gasteiger partial charge in [0.05, 0.1) is 0 Å². The predicted molar refractivity (Wildman–Crippen MR) is 84.3 cm³/mol. The van der Waals surface area contributed by atoms with Crippen molar-refractivity contribution in [1.29, 1.82) is 0 Å². The van der Waals surface area contributed by atoms with Gasteiger partial charge < -0.3 is 10.4 Å². The normalized spacial score (nSPS) is 9.67. The summed E-state index contributed by atoms with van der Waals surface area (Å²) in [6.45, 7) is 3.66. The summed E-state index contributed by atoms with van der Waals surface area (Å²) in [6.07, 6.45) is 0. The molecule has 0 aliphatic carbocycles. The molecule has 0 heterocycles. The van der Waals surface area contributed by atoms with E-state index in [1.807, 2.05) is 50.2 Å². The molecule has 3 heteroatoms. The highest BCUT2D eigenvalue weighted by atomic mass is 16.2. The molecule has 0 radical (unpaired) electrons. The number of carbonyl (C=O) groups is 1. The summed E-state index contributed by atoms with van der Waals surface area (Å²) in [5.74, 6) is 5.35. The van der Waals surface area contributed by atoms with E-state index in [4.69, 9.17) is 5.11 Å². The van der Waals surface area contributed by atoms with Crippen LogP contribution >= 0.6 is 0 Å². The Labute approximate surface area is 124 Å². The molecular weight excluding hydrogens is 262 g/mol. The molecule has 2 rings (SSSR count). The van der Waals surface area contributed by atoms with E-state index in [-0.39, 0.29) is 12.5 Å². The molecule has 3 nitrogen and oxygen atoms in total. The Hall–Kier alpha value is -2.57. The summed E-state index contributed by atoms with van der Waals surface area (Å²) in [4.78, 5) is 12.3. The number of carbonyl (C=O) groups excluding carboxylic acids is 1. The average molecular weight is 279 g/mol. The summed E-state index contributed by atoms with van der Waals surface area (Å²) in [7, 11) is 0. The maximum atomic E-state index is 12.3. The van der Waals surface area contributed by atoms with Gasteiger partial charge in [0.15, 0.2) is 0 Å². The van der Waals surface area contributed by atoms with E-state index in [1.54, 1.807) is 6.07 Å². The molecule has 2 N–H and O–H groups in total. The number of hydrogen-bond acceptors (Lipinski definition) is 2. The number of aliphatic hydroxyl groups excluding tert-OH is 1. The van der Waals surface area contributed by atoms with Crippen LogP contribution in [-0.2, 0) is 0 Å². The number of nitrogens with one attached hydrogen (secondary N) is 1. The molecule has 0 aliphatic heterocycles. The number of amides is 1. The SMILES string of the molecule is Cc1ccc(NC(=O)c2ccccc2C)cc1C#CCO. The van der Waals surface area contributed by atoms with Gasteiger partial charge in [0, 0.05) is 16.8 Å². The minimum atomic E-state index is -0.181. The lowest BCUT2D eigenvalue weighted by atomic mass is 10.1. The predicted octanol–water partition coefficient (Wildman–Crippen LogP) is 2.90. The van der Waals surface area contributed by atoms with Crippen LogP contribution < -0.4 is 5.32 Å². The average Bonchev–Trinajstić information content (AvgIpc) is 2.48. The van der Waals surface area contributed by atoms with Gasteiger partial charge in [-0.25, -0.2) is 0 Å². The lowest BCUT2D eigenvalue weighted by Gasteiger charge is -2.09. The molecular formula is C18H17NO2. The van der Waals surface area contributed by atoms with Gasteiger partial charge in [0.1, 0.15) is 6.61 Å². The van der Waals surface area contributed by atoms with Gasteiger partial charge in [-0.1, -0.05) is 36.1 Å². The number of anilines is 1. The first-order valence-electron chi connectivity index (χ1n) is 6.69. The number of hydrogen-bond donors (Lipinski definition) is 2. The van der Waals surface area contributed by atoms with Crippen LogP contribution in [0.4, 0.5) is 5.69 Å². The Balaban J connectivity index is 2.24. The molecule has 0 aliphatic rings. The van der Waals surface area contributed by atoms with Gasteiger partial charge in [-0.3, -0.25) is 4.79 Å².